The van der Waals surface area contributed by atoms with Gasteiger partial charge in [0.2, 0.25) is 0 Å². The Labute approximate surface area is 199 Å². The Hall–Kier alpha value is -3.23. The fourth-order valence-corrected chi connectivity index (χ4v) is 4.58. The molecule has 1 aliphatic carbocycles. The van der Waals surface area contributed by atoms with Crippen LogP contribution >= 0.6 is 0 Å². The van der Waals surface area contributed by atoms with Crippen LogP contribution in [0.25, 0.3) is 22.2 Å². The molecule has 0 bridgehead atoms. The Kier molecular flexibility index (Phi) is 6.34. The molecule has 2 fully saturated rings. The number of nitrogens with two attached hydrogens (primary N) is 1. The van der Waals surface area contributed by atoms with Crippen LogP contribution in [-0.2, 0) is 9.47 Å². The number of ether oxygens (including phenoxy) is 3. The van der Waals surface area contributed by atoms with Crippen LogP contribution in [-0.4, -0.2) is 42.8 Å². The highest BCUT2D eigenvalue weighted by Crippen LogP contribution is 2.45. The Morgan fingerprint density at radius 2 is 1.85 bits per heavy atom. The first-order valence-corrected chi connectivity index (χ1v) is 11.9. The number of aromatic nitrogens is 1. The second-order valence-electron chi connectivity index (χ2n) is 9.33. The van der Waals surface area contributed by atoms with Crippen LogP contribution < -0.4 is 21.1 Å². The van der Waals surface area contributed by atoms with Gasteiger partial charge in [-0.1, -0.05) is 12.1 Å². The number of benzene rings is 2. The number of nitrogens with zero attached hydrogens (tertiary/aromatic N) is 1. The number of amides is 2. The van der Waals surface area contributed by atoms with Crippen molar-refractivity contribution in [2.75, 3.05) is 31.1 Å². The summed E-state index contributed by atoms with van der Waals surface area (Å²) in [6, 6.07) is 14.2. The number of hydrogen-bond donors (Lipinski definition) is 3. The quantitative estimate of drug-likeness (QED) is 0.482. The number of hydrogen-bond acceptors (Lipinski definition) is 5. The Balaban J connectivity index is 1.47. The summed E-state index contributed by atoms with van der Waals surface area (Å²) in [6.45, 7) is 5.21. The molecule has 2 aromatic carbocycles. The molecule has 2 heterocycles. The molecule has 1 saturated heterocycles. The predicted molar refractivity (Wildman–Crippen MR) is 133 cm³/mol. The number of nitrogens with one attached hydrogen (secondary N) is 2. The van der Waals surface area contributed by atoms with Crippen molar-refractivity contribution in [2.24, 2.45) is 0 Å². The van der Waals surface area contributed by atoms with Crippen molar-refractivity contribution in [1.29, 1.82) is 0 Å². The minimum atomic E-state index is -0.216. The number of nitrogen functional groups attached to an aromatic ring is 1. The lowest BCUT2D eigenvalue weighted by Gasteiger charge is -2.30. The molecule has 8 heteroatoms. The Bertz CT molecular complexity index is 1160. The van der Waals surface area contributed by atoms with E-state index in [0.717, 1.165) is 52.1 Å². The lowest BCUT2D eigenvalue weighted by Crippen LogP contribution is -2.34. The summed E-state index contributed by atoms with van der Waals surface area (Å²) in [5, 5.41) is 6.73. The normalized spacial score (nSPS) is 17.0. The monoisotopic (exact) mass is 464 g/mol. The molecule has 0 atom stereocenters. The van der Waals surface area contributed by atoms with E-state index < -0.39 is 0 Å². The maximum absolute atomic E-state index is 12.0. The fourth-order valence-electron chi connectivity index (χ4n) is 4.58. The highest BCUT2D eigenvalue weighted by Gasteiger charge is 2.27. The molecule has 1 saturated carbocycles. The van der Waals surface area contributed by atoms with Gasteiger partial charge in [-0.25, -0.2) is 4.79 Å². The van der Waals surface area contributed by atoms with Gasteiger partial charge >= 0.3 is 6.03 Å². The molecule has 2 amide bonds. The van der Waals surface area contributed by atoms with Gasteiger partial charge in [0, 0.05) is 34.8 Å². The van der Waals surface area contributed by atoms with E-state index in [1.165, 1.54) is 6.42 Å². The first-order chi connectivity index (χ1) is 16.5. The number of anilines is 2. The zero-order valence-corrected chi connectivity index (χ0v) is 19.7. The maximum atomic E-state index is 12.0. The van der Waals surface area contributed by atoms with E-state index in [-0.39, 0.29) is 18.2 Å². The minimum Gasteiger partial charge on any atom is -0.486 e. The topological polar surface area (TPSA) is 99.8 Å². The molecule has 4 N–H and O–H groups in total. The van der Waals surface area contributed by atoms with Crippen molar-refractivity contribution in [3.05, 3.63) is 42.5 Å². The lowest BCUT2D eigenvalue weighted by atomic mass is 9.92. The van der Waals surface area contributed by atoms with Crippen molar-refractivity contribution >= 4 is 28.3 Å². The summed E-state index contributed by atoms with van der Waals surface area (Å²) in [5.74, 6) is 0.784. The summed E-state index contributed by atoms with van der Waals surface area (Å²) >= 11 is 0. The number of fused-ring (bicyclic) bond motifs is 1. The fraction of sp³-hybridized carbons (Fsp3) is 0.423. The van der Waals surface area contributed by atoms with Gasteiger partial charge in [0.1, 0.15) is 18.6 Å². The lowest BCUT2D eigenvalue weighted by molar-refractivity contribution is -0.143. The number of rotatable bonds is 6. The minimum absolute atomic E-state index is 0.0734. The third kappa shape index (κ3) is 4.56. The van der Waals surface area contributed by atoms with E-state index >= 15 is 0 Å². The Morgan fingerprint density at radius 1 is 1.12 bits per heavy atom. The van der Waals surface area contributed by atoms with E-state index in [1.54, 1.807) is 0 Å². The van der Waals surface area contributed by atoms with Crippen molar-refractivity contribution in [2.45, 2.75) is 51.3 Å². The van der Waals surface area contributed by atoms with Crippen molar-refractivity contribution in [3.8, 4) is 17.0 Å². The van der Waals surface area contributed by atoms with Crippen LogP contribution in [0.15, 0.2) is 42.5 Å². The number of carbonyl (C=O) groups is 1. The summed E-state index contributed by atoms with van der Waals surface area (Å²) in [5.41, 5.74) is 11.3. The van der Waals surface area contributed by atoms with E-state index in [0.29, 0.717) is 26.0 Å². The summed E-state index contributed by atoms with van der Waals surface area (Å²) in [4.78, 5) is 12.0. The highest BCUT2D eigenvalue weighted by atomic mass is 16.7. The first-order valence-electron chi connectivity index (χ1n) is 11.9. The van der Waals surface area contributed by atoms with Crippen LogP contribution in [0.5, 0.6) is 5.75 Å². The average Bonchev–Trinajstić information content (AvgIpc) is 3.05. The summed E-state index contributed by atoms with van der Waals surface area (Å²) < 4.78 is 19.2. The van der Waals surface area contributed by atoms with Gasteiger partial charge < -0.3 is 35.1 Å². The molecule has 34 heavy (non-hydrogen) atoms. The van der Waals surface area contributed by atoms with Crippen LogP contribution in [0, 0.1) is 0 Å². The molecule has 3 aromatic rings. The third-order valence-corrected chi connectivity index (χ3v) is 6.37. The van der Waals surface area contributed by atoms with Gasteiger partial charge in [0.15, 0.2) is 0 Å². The molecule has 180 valence electrons. The molecule has 0 radical (unpaired) electrons. The maximum Gasteiger partial charge on any atom is 0.319 e. The van der Waals surface area contributed by atoms with Crippen LogP contribution in [0.2, 0.25) is 0 Å². The van der Waals surface area contributed by atoms with E-state index in [2.05, 4.69) is 21.3 Å². The number of urea groups is 1. The molecule has 5 rings (SSSR count). The molecule has 2 aliphatic rings. The van der Waals surface area contributed by atoms with Crippen molar-refractivity contribution in [3.63, 3.8) is 0 Å². The van der Waals surface area contributed by atoms with Gasteiger partial charge in [-0.05, 0) is 57.4 Å². The standard InChI is InChI=1S/C26H32N4O4/c1-16(2)28-26(31)29-18-8-6-17(7-9-18)25-24(27)22-11-10-20(34-21-13-32-15-33-14-21)12-23(22)30(25)19-4-3-5-19/h6-12,16,19,21H,3-5,13-15,27H2,1-2H3,(H2,28,29,31). The second kappa shape index (κ2) is 9.56. The molecule has 1 aliphatic heterocycles. The zero-order valence-electron chi connectivity index (χ0n) is 19.7. The second-order valence-corrected chi connectivity index (χ2v) is 9.33. The molecule has 1 aromatic heterocycles. The average molecular weight is 465 g/mol. The van der Waals surface area contributed by atoms with Gasteiger partial charge in [0.25, 0.3) is 0 Å². The van der Waals surface area contributed by atoms with Gasteiger partial charge in [0.05, 0.1) is 30.1 Å². The van der Waals surface area contributed by atoms with Crippen LogP contribution in [0.3, 0.4) is 0 Å². The van der Waals surface area contributed by atoms with Gasteiger partial charge in [-0.15, -0.1) is 0 Å². The summed E-state index contributed by atoms with van der Waals surface area (Å²) in [6.07, 6.45) is 3.34. The van der Waals surface area contributed by atoms with E-state index in [1.807, 2.05) is 50.2 Å². The SMILES string of the molecule is CC(C)NC(=O)Nc1ccc(-c2c(N)c3ccc(OC4COCOC4)cc3n2C2CCC2)cc1. The third-order valence-electron chi connectivity index (χ3n) is 6.37. The van der Waals surface area contributed by atoms with E-state index in [4.69, 9.17) is 19.9 Å². The first kappa shape index (κ1) is 22.6. The molecular formula is C26H32N4O4. The van der Waals surface area contributed by atoms with Crippen molar-refractivity contribution in [1.82, 2.24) is 9.88 Å². The number of carbonyl (C=O) groups excluding carboxylic acids is 1. The van der Waals surface area contributed by atoms with E-state index in [9.17, 15) is 4.79 Å². The molecule has 0 unspecified atom stereocenters. The van der Waals surface area contributed by atoms with Crippen LogP contribution in [0.1, 0.15) is 39.2 Å². The smallest absolute Gasteiger partial charge is 0.319 e. The highest BCUT2D eigenvalue weighted by molar-refractivity contribution is 6.02. The van der Waals surface area contributed by atoms with Gasteiger partial charge in [-0.3, -0.25) is 0 Å². The predicted octanol–water partition coefficient (Wildman–Crippen LogP) is 4.90. The van der Waals surface area contributed by atoms with Gasteiger partial charge in [-0.2, -0.15) is 0 Å². The zero-order chi connectivity index (χ0) is 23.7. The summed E-state index contributed by atoms with van der Waals surface area (Å²) in [7, 11) is 0. The van der Waals surface area contributed by atoms with Crippen molar-refractivity contribution < 1.29 is 19.0 Å². The van der Waals surface area contributed by atoms with Crippen LogP contribution in [0.4, 0.5) is 16.2 Å². The largest absolute Gasteiger partial charge is 0.486 e. The Morgan fingerprint density at radius 3 is 2.50 bits per heavy atom. The molecule has 0 spiro atoms. The molecular weight excluding hydrogens is 432 g/mol. The molecule has 8 nitrogen and oxygen atoms in total.